The minimum absolute atomic E-state index is 1.07. The van der Waals surface area contributed by atoms with E-state index in [-0.39, 0.29) is 0 Å². The molecule has 0 rings (SSSR count). The van der Waals surface area contributed by atoms with Crippen LogP contribution in [-0.2, 0) is 0 Å². The van der Waals surface area contributed by atoms with E-state index in [1.165, 1.54) is 0 Å². The number of hydrogen-bond donors (Lipinski definition) is 0. The van der Waals surface area contributed by atoms with Gasteiger partial charge in [0.1, 0.15) is 0 Å². The molecule has 0 heterocycles. The molecule has 0 amide bonds. The number of rotatable bonds is 4. The molecule has 0 aliphatic carbocycles. The van der Waals surface area contributed by atoms with Gasteiger partial charge < -0.3 is 4.90 Å². The Morgan fingerprint density at radius 2 is 2.25 bits per heavy atom. The van der Waals surface area contributed by atoms with Crippen LogP contribution in [0.4, 0.5) is 0 Å². The average molecular weight is 112 g/mol. The fourth-order valence-electron chi connectivity index (χ4n) is 0.424. The highest BCUT2D eigenvalue weighted by Crippen LogP contribution is 1.88. The van der Waals surface area contributed by atoms with E-state index < -0.39 is 0 Å². The number of nitrogens with zero attached hydrogens (tertiary/aromatic N) is 1. The monoisotopic (exact) mass is 112 g/mol. The molecule has 0 aliphatic heterocycles. The van der Waals surface area contributed by atoms with Crippen molar-refractivity contribution in [3.8, 4) is 0 Å². The lowest BCUT2D eigenvalue weighted by molar-refractivity contribution is 0.418. The Hall–Kier alpha value is -0.300. The van der Waals surface area contributed by atoms with E-state index in [0.29, 0.717) is 0 Å². The zero-order chi connectivity index (χ0) is 6.41. The van der Waals surface area contributed by atoms with Gasteiger partial charge in [-0.15, -0.1) is 6.58 Å². The number of hydrogen-bond acceptors (Lipinski definition) is 1. The summed E-state index contributed by atoms with van der Waals surface area (Å²) in [6, 6.07) is 0. The predicted molar refractivity (Wildman–Crippen MR) is 37.4 cm³/mol. The summed E-state index contributed by atoms with van der Waals surface area (Å²) in [5, 5.41) is 0. The van der Waals surface area contributed by atoms with Crippen LogP contribution in [0.2, 0.25) is 0 Å². The largest absolute Gasteiger partial charge is 0.302 e. The second-order valence-electron chi connectivity index (χ2n) is 1.82. The Balaban J connectivity index is 2.97. The molecule has 47 valence electrons. The van der Waals surface area contributed by atoms with E-state index in [2.05, 4.69) is 25.1 Å². The van der Waals surface area contributed by atoms with E-state index in [1.54, 1.807) is 0 Å². The van der Waals surface area contributed by atoms with Crippen LogP contribution < -0.4 is 0 Å². The molecule has 8 heavy (non-hydrogen) atoms. The first-order valence-electron chi connectivity index (χ1n) is 2.92. The van der Waals surface area contributed by atoms with Gasteiger partial charge in [-0.25, -0.2) is 0 Å². The van der Waals surface area contributed by atoms with Gasteiger partial charge in [-0.05, 0) is 20.4 Å². The van der Waals surface area contributed by atoms with Gasteiger partial charge in [0.25, 0.3) is 0 Å². The lowest BCUT2D eigenvalue weighted by Crippen LogP contribution is -2.13. The van der Waals surface area contributed by atoms with Crippen molar-refractivity contribution in [1.82, 2.24) is 4.90 Å². The molecule has 0 saturated heterocycles. The Bertz CT molecular complexity index is 59.4. The third-order valence-corrected chi connectivity index (χ3v) is 1.13. The van der Waals surface area contributed by atoms with Crippen LogP contribution >= 0.6 is 0 Å². The predicted octanol–water partition coefficient (Wildman–Crippen LogP) is 1.68. The Labute approximate surface area is 52.0 Å². The zero-order valence-corrected chi connectivity index (χ0v) is 5.72. The molecule has 0 saturated carbocycles. The van der Waals surface area contributed by atoms with Gasteiger partial charge in [0.15, 0.2) is 0 Å². The summed E-state index contributed by atoms with van der Waals surface area (Å²) in [5.74, 6) is 0. The van der Waals surface area contributed by atoms with E-state index in [4.69, 9.17) is 0 Å². The maximum absolute atomic E-state index is 3.63. The second kappa shape index (κ2) is 4.85. The molecule has 0 fully saturated rings. The van der Waals surface area contributed by atoms with Crippen LogP contribution in [0.3, 0.4) is 0 Å². The summed E-state index contributed by atoms with van der Waals surface area (Å²) in [7, 11) is 2.06. The van der Waals surface area contributed by atoms with Gasteiger partial charge in [0, 0.05) is 13.1 Å². The first-order valence-corrected chi connectivity index (χ1v) is 2.92. The summed E-state index contributed by atoms with van der Waals surface area (Å²) < 4.78 is 0. The molecule has 0 aromatic rings. The van der Waals surface area contributed by atoms with Crippen LogP contribution in [0, 0.1) is 6.54 Å². The molecule has 1 radical (unpaired) electrons. The summed E-state index contributed by atoms with van der Waals surface area (Å²) in [5.41, 5.74) is 0. The molecule has 0 unspecified atom stereocenters. The van der Waals surface area contributed by atoms with Gasteiger partial charge in [0.2, 0.25) is 0 Å². The van der Waals surface area contributed by atoms with Crippen molar-refractivity contribution in [2.45, 2.75) is 13.3 Å². The van der Waals surface area contributed by atoms with Gasteiger partial charge in [-0.3, -0.25) is 0 Å². The average Bonchev–Trinajstić information content (AvgIpc) is 1.83. The fraction of sp³-hybridized carbons (Fsp3) is 0.571. The van der Waals surface area contributed by atoms with Crippen molar-refractivity contribution >= 4 is 0 Å². The first kappa shape index (κ1) is 7.70. The normalized spacial score (nSPS) is 9.88. The molecule has 0 bridgehead atoms. The lowest BCUT2D eigenvalue weighted by atomic mass is 10.4. The Kier molecular flexibility index (Phi) is 4.67. The van der Waals surface area contributed by atoms with Gasteiger partial charge in [0.05, 0.1) is 0 Å². The fourth-order valence-corrected chi connectivity index (χ4v) is 0.424. The van der Waals surface area contributed by atoms with Crippen molar-refractivity contribution in [2.24, 2.45) is 0 Å². The first-order chi connectivity index (χ1) is 3.81. The second-order valence-corrected chi connectivity index (χ2v) is 1.82. The van der Waals surface area contributed by atoms with Crippen molar-refractivity contribution in [1.29, 1.82) is 0 Å². The van der Waals surface area contributed by atoms with E-state index >= 15 is 0 Å². The molecule has 0 N–H and O–H groups in total. The molecule has 0 aromatic carbocycles. The highest BCUT2D eigenvalue weighted by molar-refractivity contribution is 4.69. The third-order valence-electron chi connectivity index (χ3n) is 1.13. The standard InChI is InChI=1S/C7H14N/c1-4-6-7-8(3)5-2/h4-5H,1,6-7H2,2-3H3. The van der Waals surface area contributed by atoms with Gasteiger partial charge in [-0.1, -0.05) is 6.08 Å². The van der Waals surface area contributed by atoms with Crippen molar-refractivity contribution in [3.63, 3.8) is 0 Å². The van der Waals surface area contributed by atoms with Crippen molar-refractivity contribution < 1.29 is 0 Å². The van der Waals surface area contributed by atoms with E-state index in [9.17, 15) is 0 Å². The molecule has 0 spiro atoms. The van der Waals surface area contributed by atoms with Gasteiger partial charge in [-0.2, -0.15) is 0 Å². The zero-order valence-electron chi connectivity index (χ0n) is 5.72. The van der Waals surface area contributed by atoms with Crippen LogP contribution in [0.5, 0.6) is 0 Å². The maximum atomic E-state index is 3.63. The van der Waals surface area contributed by atoms with E-state index in [0.717, 1.165) is 13.0 Å². The summed E-state index contributed by atoms with van der Waals surface area (Å²) in [4.78, 5) is 2.14. The lowest BCUT2D eigenvalue weighted by Gasteiger charge is -2.09. The molecule has 1 heteroatoms. The van der Waals surface area contributed by atoms with Crippen LogP contribution in [0.15, 0.2) is 12.7 Å². The highest BCUT2D eigenvalue weighted by Gasteiger charge is 1.88. The Morgan fingerprint density at radius 3 is 2.62 bits per heavy atom. The van der Waals surface area contributed by atoms with Crippen LogP contribution in [-0.4, -0.2) is 18.5 Å². The Morgan fingerprint density at radius 1 is 1.62 bits per heavy atom. The van der Waals surface area contributed by atoms with Crippen molar-refractivity contribution in [2.75, 3.05) is 13.6 Å². The van der Waals surface area contributed by atoms with Crippen LogP contribution in [0.1, 0.15) is 13.3 Å². The summed E-state index contributed by atoms with van der Waals surface area (Å²) in [6.45, 7) is 8.80. The minimum atomic E-state index is 1.07. The summed E-state index contributed by atoms with van der Waals surface area (Å²) in [6.07, 6.45) is 3.00. The SMILES string of the molecule is C=CCCN(C)[CH]C. The quantitative estimate of drug-likeness (QED) is 0.500. The molecule has 0 atom stereocenters. The topological polar surface area (TPSA) is 3.24 Å². The third kappa shape index (κ3) is 3.88. The minimum Gasteiger partial charge on any atom is -0.302 e. The van der Waals surface area contributed by atoms with Crippen LogP contribution in [0.25, 0.3) is 0 Å². The smallest absolute Gasteiger partial charge is 0.0217 e. The highest BCUT2D eigenvalue weighted by atomic mass is 15.1. The molecule has 0 aromatic heterocycles. The molecule has 0 aliphatic rings. The maximum Gasteiger partial charge on any atom is 0.0217 e. The molecule has 1 nitrogen and oxygen atoms in total. The molecular weight excluding hydrogens is 98.1 g/mol. The molecular formula is C7H14N. The van der Waals surface area contributed by atoms with E-state index in [1.807, 2.05) is 13.0 Å². The van der Waals surface area contributed by atoms with Crippen molar-refractivity contribution in [3.05, 3.63) is 19.2 Å². The summed E-state index contributed by atoms with van der Waals surface area (Å²) >= 11 is 0. The van der Waals surface area contributed by atoms with Gasteiger partial charge >= 0.3 is 0 Å².